The van der Waals surface area contributed by atoms with Gasteiger partial charge in [-0.25, -0.2) is 9.97 Å². The van der Waals surface area contributed by atoms with E-state index >= 15 is 0 Å². The monoisotopic (exact) mass is 318 g/mol. The number of nitrogens with one attached hydrogen (secondary N) is 1. The van der Waals surface area contributed by atoms with E-state index in [1.165, 1.54) is 29.2 Å². The van der Waals surface area contributed by atoms with E-state index < -0.39 is 0 Å². The molecule has 2 aromatic carbocycles. The molecule has 1 N–H and O–H groups in total. The van der Waals surface area contributed by atoms with E-state index in [1.807, 2.05) is 6.07 Å². The van der Waals surface area contributed by atoms with Crippen molar-refractivity contribution in [2.75, 3.05) is 18.4 Å². The van der Waals surface area contributed by atoms with E-state index in [0.717, 1.165) is 25.5 Å². The fourth-order valence-corrected chi connectivity index (χ4v) is 3.57. The molecule has 2 heterocycles. The molecule has 1 atom stereocenters. The van der Waals surface area contributed by atoms with Crippen molar-refractivity contribution in [3.8, 4) is 0 Å². The van der Waals surface area contributed by atoms with Crippen molar-refractivity contribution < 1.29 is 0 Å². The molecule has 1 aromatic heterocycles. The molecule has 0 spiro atoms. The highest BCUT2D eigenvalue weighted by Crippen LogP contribution is 2.22. The Morgan fingerprint density at radius 2 is 2.00 bits per heavy atom. The molecular weight excluding hydrogens is 296 g/mol. The lowest BCUT2D eigenvalue weighted by Crippen LogP contribution is -2.41. The Labute approximate surface area is 142 Å². The molecule has 0 aliphatic carbocycles. The number of likely N-dealkylation sites (tertiary alicyclic amines) is 1. The van der Waals surface area contributed by atoms with Gasteiger partial charge in [0.15, 0.2) is 0 Å². The normalized spacial score (nSPS) is 18.6. The lowest BCUT2D eigenvalue weighted by Gasteiger charge is -2.33. The van der Waals surface area contributed by atoms with Crippen LogP contribution in [-0.4, -0.2) is 34.0 Å². The third kappa shape index (κ3) is 3.39. The molecule has 1 fully saturated rings. The van der Waals surface area contributed by atoms with Crippen LogP contribution < -0.4 is 5.32 Å². The summed E-state index contributed by atoms with van der Waals surface area (Å²) in [6.07, 6.45) is 5.79. The van der Waals surface area contributed by atoms with Gasteiger partial charge in [-0.2, -0.15) is 0 Å². The summed E-state index contributed by atoms with van der Waals surface area (Å²) in [5, 5.41) is 6.23. The van der Waals surface area contributed by atoms with Gasteiger partial charge in [0, 0.05) is 25.3 Å². The topological polar surface area (TPSA) is 41.0 Å². The van der Waals surface area contributed by atoms with Gasteiger partial charge in [-0.3, -0.25) is 4.90 Å². The number of anilines is 1. The minimum atomic E-state index is 0.448. The number of hydrogen-bond acceptors (Lipinski definition) is 4. The Kier molecular flexibility index (Phi) is 4.38. The first kappa shape index (κ1) is 15.1. The minimum Gasteiger partial charge on any atom is -0.366 e. The molecule has 0 saturated carbocycles. The van der Waals surface area contributed by atoms with Crippen LogP contribution in [0.4, 0.5) is 5.82 Å². The Hall–Kier alpha value is -2.46. The number of benzene rings is 2. The van der Waals surface area contributed by atoms with Crippen molar-refractivity contribution in [1.82, 2.24) is 14.9 Å². The molecule has 0 radical (unpaired) electrons. The molecule has 0 amide bonds. The average Bonchev–Trinajstić information content (AvgIpc) is 2.63. The minimum absolute atomic E-state index is 0.448. The lowest BCUT2D eigenvalue weighted by molar-refractivity contribution is 0.209. The molecule has 1 aliphatic rings. The van der Waals surface area contributed by atoms with Crippen molar-refractivity contribution in [2.45, 2.75) is 25.4 Å². The fraction of sp³-hybridized carbons (Fsp3) is 0.300. The van der Waals surface area contributed by atoms with E-state index in [2.05, 4.69) is 62.6 Å². The van der Waals surface area contributed by atoms with Crippen molar-refractivity contribution in [3.63, 3.8) is 0 Å². The second-order valence-corrected chi connectivity index (χ2v) is 6.45. The maximum Gasteiger partial charge on any atom is 0.129 e. The largest absolute Gasteiger partial charge is 0.366 e. The highest BCUT2D eigenvalue weighted by atomic mass is 15.2. The van der Waals surface area contributed by atoms with Gasteiger partial charge in [0.25, 0.3) is 0 Å². The fourth-order valence-electron chi connectivity index (χ4n) is 3.57. The van der Waals surface area contributed by atoms with Crippen LogP contribution in [-0.2, 0) is 6.54 Å². The zero-order valence-electron chi connectivity index (χ0n) is 13.7. The highest BCUT2D eigenvalue weighted by Gasteiger charge is 2.20. The zero-order chi connectivity index (χ0) is 16.2. The van der Waals surface area contributed by atoms with Gasteiger partial charge >= 0.3 is 0 Å². The first-order chi connectivity index (χ1) is 11.9. The number of hydrogen-bond donors (Lipinski definition) is 1. The quantitative estimate of drug-likeness (QED) is 0.796. The summed E-state index contributed by atoms with van der Waals surface area (Å²) in [5.74, 6) is 0.919. The standard InChI is InChI=1S/C20H22N4/c1-2-9-19-16(5-1)6-3-7-17(19)13-24-12-4-8-18(14-24)23-20-10-11-21-15-22-20/h1-3,5-7,9-11,15,18H,4,8,12-14H2,(H,21,22,23). The van der Waals surface area contributed by atoms with Gasteiger partial charge in [-0.15, -0.1) is 0 Å². The molecular formula is C20H22N4. The molecule has 1 aliphatic heterocycles. The van der Waals surface area contributed by atoms with Gasteiger partial charge in [0.2, 0.25) is 0 Å². The third-order valence-electron chi connectivity index (χ3n) is 4.71. The predicted octanol–water partition coefficient (Wildman–Crippen LogP) is 3.71. The van der Waals surface area contributed by atoms with Crippen LogP contribution in [0.25, 0.3) is 10.8 Å². The molecule has 122 valence electrons. The Morgan fingerprint density at radius 3 is 2.92 bits per heavy atom. The molecule has 3 aromatic rings. The summed E-state index contributed by atoms with van der Waals surface area (Å²) in [6, 6.07) is 17.6. The van der Waals surface area contributed by atoms with Crippen molar-refractivity contribution >= 4 is 16.6 Å². The third-order valence-corrected chi connectivity index (χ3v) is 4.71. The summed E-state index contributed by atoms with van der Waals surface area (Å²) >= 11 is 0. The highest BCUT2D eigenvalue weighted by molar-refractivity contribution is 5.85. The Bertz CT molecular complexity index is 798. The number of piperidine rings is 1. The van der Waals surface area contributed by atoms with E-state index in [0.29, 0.717) is 6.04 Å². The zero-order valence-corrected chi connectivity index (χ0v) is 13.7. The summed E-state index contributed by atoms with van der Waals surface area (Å²) in [5.41, 5.74) is 1.41. The summed E-state index contributed by atoms with van der Waals surface area (Å²) in [4.78, 5) is 10.8. The SMILES string of the molecule is c1ccc2c(CN3CCCC(Nc4ccncn4)C3)cccc2c1. The number of aromatic nitrogens is 2. The maximum atomic E-state index is 4.28. The van der Waals surface area contributed by atoms with Crippen molar-refractivity contribution in [1.29, 1.82) is 0 Å². The number of nitrogens with zero attached hydrogens (tertiary/aromatic N) is 3. The maximum absolute atomic E-state index is 4.28. The van der Waals surface area contributed by atoms with Crippen LogP contribution in [0.15, 0.2) is 61.1 Å². The molecule has 24 heavy (non-hydrogen) atoms. The summed E-state index contributed by atoms with van der Waals surface area (Å²) in [7, 11) is 0. The lowest BCUT2D eigenvalue weighted by atomic mass is 10.0. The Balaban J connectivity index is 1.46. The first-order valence-corrected chi connectivity index (χ1v) is 8.60. The van der Waals surface area contributed by atoms with Crippen LogP contribution in [0.2, 0.25) is 0 Å². The van der Waals surface area contributed by atoms with Gasteiger partial charge in [0.1, 0.15) is 12.1 Å². The van der Waals surface area contributed by atoms with Crippen molar-refractivity contribution in [3.05, 3.63) is 66.6 Å². The smallest absolute Gasteiger partial charge is 0.129 e. The summed E-state index contributed by atoms with van der Waals surface area (Å²) in [6.45, 7) is 3.21. The van der Waals surface area contributed by atoms with Crippen LogP contribution in [0.3, 0.4) is 0 Å². The van der Waals surface area contributed by atoms with Crippen molar-refractivity contribution in [2.24, 2.45) is 0 Å². The van der Waals surface area contributed by atoms with Gasteiger partial charge in [-0.1, -0.05) is 42.5 Å². The molecule has 4 nitrogen and oxygen atoms in total. The first-order valence-electron chi connectivity index (χ1n) is 8.60. The molecule has 1 saturated heterocycles. The van der Waals surface area contributed by atoms with E-state index in [9.17, 15) is 0 Å². The van der Waals surface area contributed by atoms with Crippen LogP contribution >= 0.6 is 0 Å². The molecule has 4 rings (SSSR count). The summed E-state index contributed by atoms with van der Waals surface area (Å²) < 4.78 is 0. The number of fused-ring (bicyclic) bond motifs is 1. The van der Waals surface area contributed by atoms with E-state index in [1.54, 1.807) is 12.5 Å². The van der Waals surface area contributed by atoms with Gasteiger partial charge in [0.05, 0.1) is 0 Å². The van der Waals surface area contributed by atoms with E-state index in [-0.39, 0.29) is 0 Å². The molecule has 0 bridgehead atoms. The van der Waals surface area contributed by atoms with Gasteiger partial charge in [-0.05, 0) is 41.8 Å². The average molecular weight is 318 g/mol. The molecule has 4 heteroatoms. The second-order valence-electron chi connectivity index (χ2n) is 6.45. The predicted molar refractivity (Wildman–Crippen MR) is 97.9 cm³/mol. The van der Waals surface area contributed by atoms with Crippen LogP contribution in [0.1, 0.15) is 18.4 Å². The van der Waals surface area contributed by atoms with Crippen LogP contribution in [0.5, 0.6) is 0 Å². The second kappa shape index (κ2) is 6.97. The molecule has 1 unspecified atom stereocenters. The van der Waals surface area contributed by atoms with E-state index in [4.69, 9.17) is 0 Å². The number of rotatable bonds is 4. The van der Waals surface area contributed by atoms with Crippen LogP contribution in [0, 0.1) is 0 Å². The Morgan fingerprint density at radius 1 is 1.08 bits per heavy atom. The van der Waals surface area contributed by atoms with Gasteiger partial charge < -0.3 is 5.32 Å².